The van der Waals surface area contributed by atoms with Gasteiger partial charge in [0.05, 0.1) is 17.7 Å². The maximum atomic E-state index is 10.9. The van der Waals surface area contributed by atoms with Crippen LogP contribution in [0.1, 0.15) is 13.8 Å². The Morgan fingerprint density at radius 1 is 1.36 bits per heavy atom. The highest BCUT2D eigenvalue weighted by Gasteiger charge is 2.14. The zero-order chi connectivity index (χ0) is 8.85. The zero-order valence-corrected chi connectivity index (χ0v) is 8.15. The molecule has 0 radical (unpaired) electrons. The maximum Gasteiger partial charge on any atom is 0.308 e. The highest BCUT2D eigenvalue weighted by atomic mass is 35.5. The summed E-state index contributed by atoms with van der Waals surface area (Å²) in [6.07, 6.45) is -0.353. The number of esters is 1. The molecule has 0 unspecified atom stereocenters. The highest BCUT2D eigenvalue weighted by Crippen LogP contribution is 2.03. The molecule has 0 aromatic carbocycles. The van der Waals surface area contributed by atoms with Crippen molar-refractivity contribution in [2.75, 3.05) is 11.8 Å². The molecule has 0 N–H and O–H groups in total. The van der Waals surface area contributed by atoms with Crippen molar-refractivity contribution < 1.29 is 9.53 Å². The third-order valence-corrected chi connectivity index (χ3v) is 1.79. The van der Waals surface area contributed by atoms with Crippen LogP contribution in [0.25, 0.3) is 0 Å². The molecule has 0 saturated heterocycles. The highest BCUT2D eigenvalue weighted by molar-refractivity contribution is 6.21. The van der Waals surface area contributed by atoms with E-state index in [4.69, 9.17) is 27.9 Å². The van der Waals surface area contributed by atoms with Crippen LogP contribution in [0, 0.1) is 5.92 Å². The third kappa shape index (κ3) is 4.49. The zero-order valence-electron chi connectivity index (χ0n) is 6.64. The summed E-state index contributed by atoms with van der Waals surface area (Å²) in [5, 5.41) is 0. The van der Waals surface area contributed by atoms with Gasteiger partial charge in [-0.2, -0.15) is 0 Å². The van der Waals surface area contributed by atoms with Gasteiger partial charge in [0, 0.05) is 0 Å². The monoisotopic (exact) mass is 198 g/mol. The lowest BCUT2D eigenvalue weighted by atomic mass is 10.2. The van der Waals surface area contributed by atoms with E-state index in [9.17, 15) is 4.79 Å². The van der Waals surface area contributed by atoms with Gasteiger partial charge in [-0.25, -0.2) is 0 Å². The second-order valence-corrected chi connectivity index (χ2v) is 3.14. The molecule has 0 aliphatic carbocycles. The molecule has 4 heteroatoms. The first kappa shape index (κ1) is 11.1. The largest absolute Gasteiger partial charge is 0.460 e. The summed E-state index contributed by atoms with van der Waals surface area (Å²) in [4.78, 5) is 10.9. The van der Waals surface area contributed by atoms with Crippen LogP contribution in [0.4, 0.5) is 0 Å². The Bertz CT molecular complexity index is 122. The molecule has 0 spiro atoms. The van der Waals surface area contributed by atoms with Crippen LogP contribution in [-0.2, 0) is 9.53 Å². The number of carbonyl (C=O) groups is 1. The Hall–Kier alpha value is 0.0500. The Morgan fingerprint density at radius 2 is 1.82 bits per heavy atom. The second-order valence-electron chi connectivity index (χ2n) is 2.52. The fraction of sp³-hybridized carbons (Fsp3) is 0.857. The summed E-state index contributed by atoms with van der Waals surface area (Å²) in [6.45, 7) is 3.53. The van der Waals surface area contributed by atoms with Crippen LogP contribution in [0.15, 0.2) is 0 Å². The molecule has 0 aromatic rings. The summed E-state index contributed by atoms with van der Waals surface area (Å²) in [7, 11) is 0. The lowest BCUT2D eigenvalue weighted by molar-refractivity contribution is -0.150. The molecule has 0 atom stereocenters. The van der Waals surface area contributed by atoms with Crippen molar-refractivity contribution in [3.8, 4) is 0 Å². The van der Waals surface area contributed by atoms with E-state index in [1.807, 2.05) is 0 Å². The van der Waals surface area contributed by atoms with Gasteiger partial charge in [0.1, 0.15) is 6.10 Å². The van der Waals surface area contributed by atoms with Crippen LogP contribution in [-0.4, -0.2) is 23.8 Å². The fourth-order valence-electron chi connectivity index (χ4n) is 0.405. The van der Waals surface area contributed by atoms with Crippen LogP contribution >= 0.6 is 23.2 Å². The Kier molecular flexibility index (Phi) is 5.69. The average molecular weight is 199 g/mol. The molecule has 0 amide bonds. The molecule has 0 aromatic heterocycles. The van der Waals surface area contributed by atoms with Crippen LogP contribution in [0.2, 0.25) is 0 Å². The molecule has 0 fully saturated rings. The summed E-state index contributed by atoms with van der Waals surface area (Å²) in [5.41, 5.74) is 0. The topological polar surface area (TPSA) is 26.3 Å². The first-order valence-electron chi connectivity index (χ1n) is 3.44. The summed E-state index contributed by atoms with van der Waals surface area (Å²) in [5.74, 6) is 0.129. The first-order valence-corrected chi connectivity index (χ1v) is 4.51. The predicted molar refractivity (Wildman–Crippen MR) is 46.2 cm³/mol. The number of halogens is 2. The van der Waals surface area contributed by atoms with Crippen molar-refractivity contribution >= 4 is 29.2 Å². The number of carbonyl (C=O) groups excluding carboxylic acids is 1. The summed E-state index contributed by atoms with van der Waals surface area (Å²) in [6, 6.07) is 0. The fourth-order valence-corrected chi connectivity index (χ4v) is 0.860. The van der Waals surface area contributed by atoms with Gasteiger partial charge in [0.25, 0.3) is 0 Å². The van der Waals surface area contributed by atoms with Crippen molar-refractivity contribution in [3.05, 3.63) is 0 Å². The molecule has 0 saturated carbocycles. The van der Waals surface area contributed by atoms with Gasteiger partial charge in [-0.05, 0) is 0 Å². The Balaban J connectivity index is 3.72. The van der Waals surface area contributed by atoms with E-state index < -0.39 is 0 Å². The molecular formula is C7H12Cl2O2. The molecule has 66 valence electrons. The summed E-state index contributed by atoms with van der Waals surface area (Å²) >= 11 is 10.9. The molecular weight excluding hydrogens is 187 g/mol. The van der Waals surface area contributed by atoms with Crippen molar-refractivity contribution in [2.45, 2.75) is 20.0 Å². The third-order valence-electron chi connectivity index (χ3n) is 1.10. The van der Waals surface area contributed by atoms with Gasteiger partial charge in [-0.1, -0.05) is 13.8 Å². The van der Waals surface area contributed by atoms with Gasteiger partial charge in [0.15, 0.2) is 0 Å². The minimum Gasteiger partial charge on any atom is -0.460 e. The number of rotatable bonds is 4. The van der Waals surface area contributed by atoms with E-state index in [1.54, 1.807) is 13.8 Å². The van der Waals surface area contributed by atoms with Crippen molar-refractivity contribution in [3.63, 3.8) is 0 Å². The van der Waals surface area contributed by atoms with E-state index in [0.717, 1.165) is 0 Å². The quantitative estimate of drug-likeness (QED) is 0.511. The molecule has 0 aliphatic heterocycles. The second kappa shape index (κ2) is 5.67. The van der Waals surface area contributed by atoms with Gasteiger partial charge in [-0.15, -0.1) is 23.2 Å². The number of ether oxygens (including phenoxy) is 1. The van der Waals surface area contributed by atoms with Gasteiger partial charge >= 0.3 is 5.97 Å². The first-order chi connectivity index (χ1) is 5.11. The van der Waals surface area contributed by atoms with Gasteiger partial charge in [0.2, 0.25) is 0 Å². The number of alkyl halides is 2. The predicted octanol–water partition coefficient (Wildman–Crippen LogP) is 2.03. The maximum absolute atomic E-state index is 10.9. The lowest BCUT2D eigenvalue weighted by Crippen LogP contribution is -2.24. The minimum atomic E-state index is -0.353. The molecule has 0 bridgehead atoms. The van der Waals surface area contributed by atoms with Gasteiger partial charge < -0.3 is 4.74 Å². The van der Waals surface area contributed by atoms with E-state index in [1.165, 1.54) is 0 Å². The summed E-state index contributed by atoms with van der Waals surface area (Å²) < 4.78 is 4.91. The van der Waals surface area contributed by atoms with Crippen molar-refractivity contribution in [2.24, 2.45) is 5.92 Å². The van der Waals surface area contributed by atoms with Crippen LogP contribution < -0.4 is 0 Å². The van der Waals surface area contributed by atoms with Crippen molar-refractivity contribution in [1.82, 2.24) is 0 Å². The molecule has 11 heavy (non-hydrogen) atoms. The van der Waals surface area contributed by atoms with E-state index >= 15 is 0 Å². The van der Waals surface area contributed by atoms with Crippen molar-refractivity contribution in [1.29, 1.82) is 0 Å². The van der Waals surface area contributed by atoms with Gasteiger partial charge in [-0.3, -0.25) is 4.79 Å². The smallest absolute Gasteiger partial charge is 0.308 e. The number of hydrogen-bond donors (Lipinski definition) is 0. The molecule has 0 rings (SSSR count). The lowest BCUT2D eigenvalue weighted by Gasteiger charge is -2.13. The molecule has 0 heterocycles. The SMILES string of the molecule is CC(C)C(=O)OC(CCl)CCl. The Morgan fingerprint density at radius 3 is 2.09 bits per heavy atom. The molecule has 0 aliphatic rings. The van der Waals surface area contributed by atoms with E-state index in [-0.39, 0.29) is 29.8 Å². The van der Waals surface area contributed by atoms with Crippen LogP contribution in [0.3, 0.4) is 0 Å². The Labute approximate surface area is 76.8 Å². The normalized spacial score (nSPS) is 10.7. The standard InChI is InChI=1S/C7H12Cl2O2/c1-5(2)7(10)11-6(3-8)4-9/h5-6H,3-4H2,1-2H3. The average Bonchev–Trinajstić information content (AvgIpc) is 1.99. The van der Waals surface area contributed by atoms with E-state index in [2.05, 4.69) is 0 Å². The van der Waals surface area contributed by atoms with E-state index in [0.29, 0.717) is 0 Å². The van der Waals surface area contributed by atoms with Crippen LogP contribution in [0.5, 0.6) is 0 Å². The number of hydrogen-bond acceptors (Lipinski definition) is 2. The molecule has 2 nitrogen and oxygen atoms in total. The minimum absolute atomic E-state index is 0.121.